The van der Waals surface area contributed by atoms with Crippen LogP contribution in [0, 0.1) is 11.8 Å². The second-order valence-corrected chi connectivity index (χ2v) is 5.23. The molecule has 0 aromatic heterocycles. The Hall–Kier alpha value is -2.85. The molecule has 0 radical (unpaired) electrons. The number of ether oxygens (including phenoxy) is 2. The van der Waals surface area contributed by atoms with Gasteiger partial charge in [0.25, 0.3) is 5.91 Å². The lowest BCUT2D eigenvalue weighted by Crippen LogP contribution is -2.23. The molecule has 2 aromatic carbocycles. The lowest BCUT2D eigenvalue weighted by molar-refractivity contribution is -0.274. The minimum Gasteiger partial charge on any atom is -0.479 e. The molecule has 0 atom stereocenters. The summed E-state index contributed by atoms with van der Waals surface area (Å²) in [6.07, 6.45) is -4.77. The molecule has 0 heterocycles. The number of carbonyl (C=O) groups excluding carboxylic acids is 1. The third-order valence-corrected chi connectivity index (χ3v) is 3.26. The molecule has 2 aromatic rings. The Bertz CT molecular complexity index is 811. The molecule has 26 heavy (non-hydrogen) atoms. The Balaban J connectivity index is 1.76. The number of alkyl halides is 3. The van der Waals surface area contributed by atoms with Crippen molar-refractivity contribution >= 4 is 17.5 Å². The summed E-state index contributed by atoms with van der Waals surface area (Å²) in [6.45, 7) is 0.161. The van der Waals surface area contributed by atoms with Crippen LogP contribution < -0.4 is 14.8 Å². The average Bonchev–Trinajstić information content (AvgIpc) is 2.58. The predicted molar refractivity (Wildman–Crippen MR) is 90.2 cm³/mol. The molecule has 0 aliphatic rings. The van der Waals surface area contributed by atoms with Crippen molar-refractivity contribution in [2.24, 2.45) is 0 Å². The molecule has 2 rings (SSSR count). The number of carbonyl (C=O) groups is 1. The van der Waals surface area contributed by atoms with Crippen LogP contribution in [-0.2, 0) is 0 Å². The van der Waals surface area contributed by atoms with Crippen molar-refractivity contribution in [2.75, 3.05) is 13.2 Å². The zero-order chi connectivity index (χ0) is 19.0. The number of benzene rings is 2. The number of halogens is 4. The maximum Gasteiger partial charge on any atom is 0.573 e. The second-order valence-electron chi connectivity index (χ2n) is 4.83. The summed E-state index contributed by atoms with van der Waals surface area (Å²) < 4.78 is 45.3. The molecule has 1 amide bonds. The maximum absolute atomic E-state index is 12.1. The quantitative estimate of drug-likeness (QED) is 0.792. The van der Waals surface area contributed by atoms with Crippen LogP contribution in [0.3, 0.4) is 0 Å². The number of para-hydroxylation sites is 1. The van der Waals surface area contributed by atoms with E-state index in [-0.39, 0.29) is 18.7 Å². The fraction of sp³-hybridized carbons (Fsp3) is 0.167. The number of amides is 1. The van der Waals surface area contributed by atoms with Crippen molar-refractivity contribution in [3.8, 4) is 23.3 Å². The first-order valence-corrected chi connectivity index (χ1v) is 7.70. The highest BCUT2D eigenvalue weighted by Crippen LogP contribution is 2.23. The van der Waals surface area contributed by atoms with E-state index < -0.39 is 18.0 Å². The van der Waals surface area contributed by atoms with Crippen LogP contribution >= 0.6 is 11.6 Å². The molecule has 1 N–H and O–H groups in total. The van der Waals surface area contributed by atoms with E-state index in [1.54, 1.807) is 24.3 Å². The van der Waals surface area contributed by atoms with Crippen molar-refractivity contribution in [3.05, 3.63) is 59.1 Å². The SMILES string of the molecule is O=C(NCC#CCOc1ccccc1Cl)c1ccc(OC(F)(F)F)cc1. The van der Waals surface area contributed by atoms with Gasteiger partial charge in [0.2, 0.25) is 0 Å². The van der Waals surface area contributed by atoms with Crippen molar-refractivity contribution < 1.29 is 27.4 Å². The molecule has 0 aliphatic carbocycles. The van der Waals surface area contributed by atoms with Gasteiger partial charge in [-0.1, -0.05) is 35.6 Å². The molecule has 0 bridgehead atoms. The van der Waals surface area contributed by atoms with Gasteiger partial charge in [0.15, 0.2) is 0 Å². The molecule has 0 unspecified atom stereocenters. The molecule has 136 valence electrons. The molecule has 8 heteroatoms. The van der Waals surface area contributed by atoms with Gasteiger partial charge in [-0.05, 0) is 36.4 Å². The van der Waals surface area contributed by atoms with Crippen LogP contribution in [0.5, 0.6) is 11.5 Å². The van der Waals surface area contributed by atoms with Crippen LogP contribution in [0.15, 0.2) is 48.5 Å². The van der Waals surface area contributed by atoms with Crippen LogP contribution in [0.2, 0.25) is 5.02 Å². The zero-order valence-corrected chi connectivity index (χ0v) is 14.0. The Morgan fingerprint density at radius 3 is 2.42 bits per heavy atom. The Morgan fingerprint density at radius 2 is 1.77 bits per heavy atom. The number of nitrogens with one attached hydrogen (secondary N) is 1. The minimum absolute atomic E-state index is 0.0610. The third-order valence-electron chi connectivity index (χ3n) is 2.95. The van der Waals surface area contributed by atoms with E-state index in [1.165, 1.54) is 12.1 Å². The van der Waals surface area contributed by atoms with Gasteiger partial charge in [0, 0.05) is 5.56 Å². The molecule has 0 saturated carbocycles. The van der Waals surface area contributed by atoms with E-state index in [0.717, 1.165) is 12.1 Å². The van der Waals surface area contributed by atoms with E-state index in [2.05, 4.69) is 21.9 Å². The van der Waals surface area contributed by atoms with Crippen LogP contribution in [0.4, 0.5) is 13.2 Å². The first-order valence-electron chi connectivity index (χ1n) is 7.32. The van der Waals surface area contributed by atoms with Crippen molar-refractivity contribution in [1.29, 1.82) is 0 Å². The highest BCUT2D eigenvalue weighted by Gasteiger charge is 2.31. The van der Waals surface area contributed by atoms with Gasteiger partial charge in [0.05, 0.1) is 11.6 Å². The minimum atomic E-state index is -4.77. The lowest BCUT2D eigenvalue weighted by Gasteiger charge is -2.09. The standard InChI is InChI=1S/C18H13ClF3NO3/c19-15-5-1-2-6-16(15)25-12-4-3-11-23-17(24)13-7-9-14(10-8-13)26-18(20,21)22/h1-2,5-10H,11-12H2,(H,23,24). The van der Waals surface area contributed by atoms with Crippen LogP contribution in [-0.4, -0.2) is 25.4 Å². The number of hydrogen-bond donors (Lipinski definition) is 1. The lowest BCUT2D eigenvalue weighted by atomic mass is 10.2. The van der Waals surface area contributed by atoms with Gasteiger partial charge in [-0.15, -0.1) is 13.2 Å². The summed E-state index contributed by atoms with van der Waals surface area (Å²) in [5, 5.41) is 2.99. The summed E-state index contributed by atoms with van der Waals surface area (Å²) in [5.74, 6) is 5.05. The maximum atomic E-state index is 12.1. The van der Waals surface area contributed by atoms with Crippen molar-refractivity contribution in [1.82, 2.24) is 5.32 Å². The largest absolute Gasteiger partial charge is 0.573 e. The van der Waals surface area contributed by atoms with Gasteiger partial charge in [-0.2, -0.15) is 0 Å². The highest BCUT2D eigenvalue weighted by atomic mass is 35.5. The monoisotopic (exact) mass is 383 g/mol. The van der Waals surface area contributed by atoms with Gasteiger partial charge >= 0.3 is 6.36 Å². The van der Waals surface area contributed by atoms with E-state index in [9.17, 15) is 18.0 Å². The van der Waals surface area contributed by atoms with E-state index in [0.29, 0.717) is 10.8 Å². The molecular formula is C18H13ClF3NO3. The van der Waals surface area contributed by atoms with E-state index in [1.807, 2.05) is 0 Å². The van der Waals surface area contributed by atoms with Crippen molar-refractivity contribution in [2.45, 2.75) is 6.36 Å². The van der Waals surface area contributed by atoms with E-state index in [4.69, 9.17) is 16.3 Å². The molecule has 0 saturated heterocycles. The smallest absolute Gasteiger partial charge is 0.479 e. The Morgan fingerprint density at radius 1 is 1.08 bits per heavy atom. The summed E-state index contributed by atoms with van der Waals surface area (Å²) in [7, 11) is 0. The van der Waals surface area contributed by atoms with Gasteiger partial charge in [0.1, 0.15) is 18.1 Å². The fourth-order valence-corrected chi connectivity index (χ4v) is 2.01. The number of hydrogen-bond acceptors (Lipinski definition) is 3. The first-order chi connectivity index (χ1) is 12.3. The van der Waals surface area contributed by atoms with Crippen LogP contribution in [0.25, 0.3) is 0 Å². The normalized spacial score (nSPS) is 10.5. The zero-order valence-electron chi connectivity index (χ0n) is 13.3. The van der Waals surface area contributed by atoms with E-state index >= 15 is 0 Å². The summed E-state index contributed by atoms with van der Waals surface area (Å²) in [4.78, 5) is 11.8. The first kappa shape index (κ1) is 19.5. The summed E-state index contributed by atoms with van der Waals surface area (Å²) >= 11 is 5.92. The molecule has 4 nitrogen and oxygen atoms in total. The molecule has 0 spiro atoms. The van der Waals surface area contributed by atoms with Gasteiger partial charge in [-0.3, -0.25) is 4.79 Å². The average molecular weight is 384 g/mol. The number of rotatable bonds is 5. The predicted octanol–water partition coefficient (Wildman–Crippen LogP) is 4.05. The molecule has 0 fully saturated rings. The Labute approximate surface area is 152 Å². The topological polar surface area (TPSA) is 47.6 Å². The third kappa shape index (κ3) is 6.57. The van der Waals surface area contributed by atoms with Gasteiger partial charge in [-0.25, -0.2) is 0 Å². The highest BCUT2D eigenvalue weighted by molar-refractivity contribution is 6.32. The van der Waals surface area contributed by atoms with Crippen molar-refractivity contribution in [3.63, 3.8) is 0 Å². The van der Waals surface area contributed by atoms with Gasteiger partial charge < -0.3 is 14.8 Å². The fourth-order valence-electron chi connectivity index (χ4n) is 1.82. The summed E-state index contributed by atoms with van der Waals surface area (Å²) in [5.41, 5.74) is 0.189. The molecule has 0 aliphatic heterocycles. The van der Waals surface area contributed by atoms with Crippen LogP contribution in [0.1, 0.15) is 10.4 Å². The Kier molecular flexibility index (Phi) is 6.75. The summed E-state index contributed by atoms with van der Waals surface area (Å²) in [6, 6.07) is 11.5. The molecular weight excluding hydrogens is 371 g/mol. The second kappa shape index (κ2) is 9.02.